The van der Waals surface area contributed by atoms with Crippen LogP contribution in [-0.4, -0.2) is 12.5 Å². The summed E-state index contributed by atoms with van der Waals surface area (Å²) in [5.74, 6) is 0.0582. The van der Waals surface area contributed by atoms with Crippen LogP contribution >= 0.6 is 22.6 Å². The number of amides is 1. The van der Waals surface area contributed by atoms with Crippen LogP contribution in [0, 0.1) is 0 Å². The molecule has 0 spiro atoms. The number of rotatable bonds is 2. The number of nitrogens with zero attached hydrogens (tertiary/aromatic N) is 1. The first-order valence-corrected chi connectivity index (χ1v) is 9.76. The number of carbonyl (C=O) groups is 1. The third kappa shape index (κ3) is 2.76. The van der Waals surface area contributed by atoms with Crippen LogP contribution in [-0.2, 0) is 0 Å². The Labute approximate surface area is 167 Å². The molecular weight excluding hydrogens is 433 g/mol. The van der Waals surface area contributed by atoms with E-state index in [1.165, 1.54) is 0 Å². The highest BCUT2D eigenvalue weighted by Crippen LogP contribution is 2.43. The van der Waals surface area contributed by atoms with Crippen molar-refractivity contribution in [3.05, 3.63) is 101 Å². The largest absolute Gasteiger partial charge is 0.308 e. The molecule has 3 heteroatoms. The zero-order chi connectivity index (χ0) is 18.1. The molecule has 0 aromatic heterocycles. The average molecular weight is 451 g/mol. The number of hydrogen-bond donors (Lipinski definition) is 0. The summed E-state index contributed by atoms with van der Waals surface area (Å²) in [6.07, 6.45) is 0. The van der Waals surface area contributed by atoms with Gasteiger partial charge in [0.1, 0.15) is 0 Å². The number of para-hydroxylation sites is 1. The quantitative estimate of drug-likeness (QED) is 0.437. The lowest BCUT2D eigenvalue weighted by Crippen LogP contribution is -2.30. The summed E-state index contributed by atoms with van der Waals surface area (Å²) in [6.45, 7) is 2.66. The minimum Gasteiger partial charge on any atom is -0.308 e. The highest BCUT2D eigenvalue weighted by atomic mass is 127. The molecule has 0 saturated carbocycles. The van der Waals surface area contributed by atoms with E-state index in [0.29, 0.717) is 6.54 Å². The summed E-state index contributed by atoms with van der Waals surface area (Å²) in [5, 5.41) is 0. The highest BCUT2D eigenvalue weighted by molar-refractivity contribution is 14.1. The lowest BCUT2D eigenvalue weighted by molar-refractivity contribution is 0.0988. The van der Waals surface area contributed by atoms with Gasteiger partial charge >= 0.3 is 0 Å². The Morgan fingerprint density at radius 2 is 1.38 bits per heavy atom. The van der Waals surface area contributed by atoms with Gasteiger partial charge < -0.3 is 4.90 Å². The van der Waals surface area contributed by atoms with Crippen LogP contribution in [0.2, 0.25) is 0 Å². The molecular formula is C23H18INO. The Bertz CT molecular complexity index is 1010. The maximum Gasteiger partial charge on any atom is 0.258 e. The second-order valence-corrected chi connectivity index (χ2v) is 7.25. The number of hydrogen-bond acceptors (Lipinski definition) is 1. The lowest BCUT2D eigenvalue weighted by Gasteiger charge is -2.21. The van der Waals surface area contributed by atoms with E-state index in [1.54, 1.807) is 0 Å². The lowest BCUT2D eigenvalue weighted by atomic mass is 9.92. The van der Waals surface area contributed by atoms with Gasteiger partial charge in [-0.1, -0.05) is 66.7 Å². The molecule has 0 bridgehead atoms. The van der Waals surface area contributed by atoms with Crippen molar-refractivity contribution >= 4 is 43.3 Å². The molecule has 0 unspecified atom stereocenters. The van der Waals surface area contributed by atoms with Gasteiger partial charge in [-0.05, 0) is 52.8 Å². The zero-order valence-corrected chi connectivity index (χ0v) is 16.6. The van der Waals surface area contributed by atoms with Crippen LogP contribution in [0.4, 0.5) is 5.69 Å². The van der Waals surface area contributed by atoms with Crippen molar-refractivity contribution in [1.29, 1.82) is 0 Å². The van der Waals surface area contributed by atoms with Gasteiger partial charge in [-0.2, -0.15) is 0 Å². The summed E-state index contributed by atoms with van der Waals surface area (Å²) < 4.78 is 1.15. The molecule has 0 radical (unpaired) electrons. The normalized spacial score (nSPS) is 15.2. The first-order chi connectivity index (χ1) is 12.7. The number of anilines is 1. The van der Waals surface area contributed by atoms with Crippen molar-refractivity contribution in [2.24, 2.45) is 0 Å². The first-order valence-electron chi connectivity index (χ1n) is 8.68. The number of carbonyl (C=O) groups excluding carboxylic acids is 1. The van der Waals surface area contributed by atoms with Crippen molar-refractivity contribution < 1.29 is 4.79 Å². The third-order valence-corrected chi connectivity index (χ3v) is 5.86. The molecule has 1 aliphatic rings. The van der Waals surface area contributed by atoms with Crippen LogP contribution in [0.1, 0.15) is 34.0 Å². The second kappa shape index (κ2) is 7.08. The summed E-state index contributed by atoms with van der Waals surface area (Å²) >= 11 is 2.41. The number of halogens is 1. The van der Waals surface area contributed by atoms with Crippen LogP contribution in [0.15, 0.2) is 78.9 Å². The van der Waals surface area contributed by atoms with Gasteiger partial charge in [-0.15, -0.1) is 0 Å². The molecule has 26 heavy (non-hydrogen) atoms. The standard InChI is InChI=1S/C23H18INO/c1-2-25-20-15-9-8-14-19(20)21(22(24)16-10-4-3-5-11-16)17-12-6-7-13-18(17)23(25)26/h3-15H,2H2,1H3. The molecule has 2 nitrogen and oxygen atoms in total. The smallest absolute Gasteiger partial charge is 0.258 e. The van der Waals surface area contributed by atoms with Crippen molar-refractivity contribution in [3.63, 3.8) is 0 Å². The monoisotopic (exact) mass is 451 g/mol. The Morgan fingerprint density at radius 3 is 2.08 bits per heavy atom. The van der Waals surface area contributed by atoms with Crippen LogP contribution in [0.25, 0.3) is 9.15 Å². The van der Waals surface area contributed by atoms with Gasteiger partial charge in [0.05, 0.1) is 5.69 Å². The summed E-state index contributed by atoms with van der Waals surface area (Å²) in [6, 6.07) is 26.5. The molecule has 128 valence electrons. The van der Waals surface area contributed by atoms with Crippen molar-refractivity contribution in [2.75, 3.05) is 11.4 Å². The summed E-state index contributed by atoms with van der Waals surface area (Å²) in [5.41, 5.74) is 6.09. The van der Waals surface area contributed by atoms with Crippen LogP contribution in [0.5, 0.6) is 0 Å². The van der Waals surface area contributed by atoms with Gasteiger partial charge in [0.25, 0.3) is 5.91 Å². The predicted molar refractivity (Wildman–Crippen MR) is 117 cm³/mol. The predicted octanol–water partition coefficient (Wildman–Crippen LogP) is 6.02. The maximum atomic E-state index is 13.2. The third-order valence-electron chi connectivity index (χ3n) is 4.70. The maximum absolute atomic E-state index is 13.2. The van der Waals surface area contributed by atoms with E-state index in [4.69, 9.17) is 0 Å². The van der Waals surface area contributed by atoms with Gasteiger partial charge in [0.2, 0.25) is 0 Å². The Hall–Kier alpha value is -2.40. The molecule has 0 fully saturated rings. The minimum absolute atomic E-state index is 0.0582. The summed E-state index contributed by atoms with van der Waals surface area (Å²) in [4.78, 5) is 15.1. The Morgan fingerprint density at radius 1 is 0.808 bits per heavy atom. The zero-order valence-electron chi connectivity index (χ0n) is 14.4. The van der Waals surface area contributed by atoms with Crippen molar-refractivity contribution in [1.82, 2.24) is 0 Å². The molecule has 1 heterocycles. The van der Waals surface area contributed by atoms with E-state index in [9.17, 15) is 4.79 Å². The Balaban J connectivity index is 2.12. The summed E-state index contributed by atoms with van der Waals surface area (Å²) in [7, 11) is 0. The average Bonchev–Trinajstić information content (AvgIpc) is 2.80. The molecule has 1 amide bonds. The van der Waals surface area contributed by atoms with Gasteiger partial charge in [-0.3, -0.25) is 4.79 Å². The fourth-order valence-corrected chi connectivity index (χ4v) is 4.43. The molecule has 0 atom stereocenters. The molecule has 0 N–H and O–H groups in total. The molecule has 1 aliphatic heterocycles. The van der Waals surface area contributed by atoms with Crippen LogP contribution < -0.4 is 4.90 Å². The topological polar surface area (TPSA) is 20.3 Å². The van der Waals surface area contributed by atoms with E-state index < -0.39 is 0 Å². The van der Waals surface area contributed by atoms with E-state index in [1.807, 2.05) is 66.4 Å². The van der Waals surface area contributed by atoms with E-state index in [-0.39, 0.29) is 5.91 Å². The molecule has 3 aromatic carbocycles. The highest BCUT2D eigenvalue weighted by Gasteiger charge is 2.29. The number of benzene rings is 3. The van der Waals surface area contributed by atoms with Crippen molar-refractivity contribution in [2.45, 2.75) is 6.92 Å². The molecule has 0 saturated heterocycles. The van der Waals surface area contributed by atoms with E-state index in [0.717, 1.165) is 37.1 Å². The minimum atomic E-state index is 0.0582. The SMILES string of the molecule is CCN1C(=O)c2ccccc2C(=C(I)c2ccccc2)c2ccccc21. The van der Waals surface area contributed by atoms with Gasteiger partial charge in [-0.25, -0.2) is 0 Å². The second-order valence-electron chi connectivity index (χ2n) is 6.17. The fraction of sp³-hybridized carbons (Fsp3) is 0.0870. The van der Waals surface area contributed by atoms with Crippen molar-refractivity contribution in [3.8, 4) is 0 Å². The molecule has 0 aliphatic carbocycles. The fourth-order valence-electron chi connectivity index (χ4n) is 3.49. The van der Waals surface area contributed by atoms with Gasteiger partial charge in [0, 0.05) is 26.8 Å². The Kier molecular flexibility index (Phi) is 4.64. The molecule has 4 rings (SSSR count). The van der Waals surface area contributed by atoms with E-state index in [2.05, 4.69) is 46.9 Å². The molecule has 3 aromatic rings. The van der Waals surface area contributed by atoms with Crippen LogP contribution in [0.3, 0.4) is 0 Å². The number of fused-ring (bicyclic) bond motifs is 2. The van der Waals surface area contributed by atoms with E-state index >= 15 is 0 Å². The first kappa shape index (κ1) is 17.0. The van der Waals surface area contributed by atoms with Gasteiger partial charge in [0.15, 0.2) is 0 Å².